The summed E-state index contributed by atoms with van der Waals surface area (Å²) in [7, 11) is 1.76. The predicted molar refractivity (Wildman–Crippen MR) is 49.4 cm³/mol. The lowest BCUT2D eigenvalue weighted by Gasteiger charge is -2.08. The summed E-state index contributed by atoms with van der Waals surface area (Å²) in [5.41, 5.74) is 2.65. The maximum absolute atomic E-state index is 13.0. The van der Waals surface area contributed by atoms with Crippen LogP contribution in [0.4, 0.5) is 14.5 Å². The van der Waals surface area contributed by atoms with Gasteiger partial charge in [0, 0.05) is 6.07 Å². The summed E-state index contributed by atoms with van der Waals surface area (Å²) in [5, 5.41) is 0. The number of hydrogen-bond donors (Lipinski definition) is 2. The van der Waals surface area contributed by atoms with E-state index in [9.17, 15) is 8.78 Å². The summed E-state index contributed by atoms with van der Waals surface area (Å²) in [6.07, 6.45) is -1.62. The molecule has 0 fully saturated rings. The van der Waals surface area contributed by atoms with Crippen LogP contribution >= 0.6 is 9.24 Å². The fourth-order valence-corrected chi connectivity index (χ4v) is 0.954. The van der Waals surface area contributed by atoms with E-state index in [2.05, 4.69) is 10.2 Å². The molecule has 2 atom stereocenters. The second-order valence-corrected chi connectivity index (χ2v) is 2.78. The van der Waals surface area contributed by atoms with Crippen molar-refractivity contribution < 1.29 is 13.5 Å². The lowest BCUT2D eigenvalue weighted by molar-refractivity contribution is 0.147. The van der Waals surface area contributed by atoms with E-state index >= 15 is 0 Å². The first-order valence-electron chi connectivity index (χ1n) is 3.46. The molecule has 0 aliphatic heterocycles. The van der Waals surface area contributed by atoms with E-state index in [0.717, 1.165) is 6.07 Å². The van der Waals surface area contributed by atoms with E-state index in [-0.39, 0.29) is 5.75 Å². The molecule has 0 bridgehead atoms. The van der Waals surface area contributed by atoms with Gasteiger partial charge in [-0.2, -0.15) is 4.39 Å². The van der Waals surface area contributed by atoms with Crippen molar-refractivity contribution in [2.24, 2.45) is 5.84 Å². The Labute approximate surface area is 76.4 Å². The first kappa shape index (κ1) is 10.2. The summed E-state index contributed by atoms with van der Waals surface area (Å²) in [5.74, 6) is 4.22. The van der Waals surface area contributed by atoms with Crippen LogP contribution in [0.15, 0.2) is 18.2 Å². The fraction of sp³-hybridized carbons (Fsp3) is 0.143. The van der Waals surface area contributed by atoms with Gasteiger partial charge in [-0.15, -0.1) is 0 Å². The number of nitrogens with two attached hydrogens (primary N) is 1. The SMILES string of the molecule is NNc1ccc(OC(F)P)c(F)c1. The van der Waals surface area contributed by atoms with Crippen molar-refractivity contribution in [2.75, 3.05) is 5.43 Å². The van der Waals surface area contributed by atoms with E-state index in [0.29, 0.717) is 5.69 Å². The van der Waals surface area contributed by atoms with Crippen LogP contribution in [0, 0.1) is 5.82 Å². The summed E-state index contributed by atoms with van der Waals surface area (Å²) >= 11 is 0. The largest absolute Gasteiger partial charge is 0.454 e. The lowest BCUT2D eigenvalue weighted by Crippen LogP contribution is -2.07. The van der Waals surface area contributed by atoms with Gasteiger partial charge in [-0.25, -0.2) is 4.39 Å². The van der Waals surface area contributed by atoms with Gasteiger partial charge in [-0.3, -0.25) is 5.84 Å². The molecule has 1 rings (SSSR count). The van der Waals surface area contributed by atoms with Gasteiger partial charge in [-0.1, -0.05) is 9.24 Å². The van der Waals surface area contributed by atoms with E-state index in [4.69, 9.17) is 5.84 Å². The highest BCUT2D eigenvalue weighted by molar-refractivity contribution is 7.16. The molecule has 0 saturated heterocycles. The molecule has 2 unspecified atom stereocenters. The molecular weight excluding hydrogens is 197 g/mol. The fourth-order valence-electron chi connectivity index (χ4n) is 0.807. The third-order valence-corrected chi connectivity index (χ3v) is 1.47. The van der Waals surface area contributed by atoms with Gasteiger partial charge in [-0.05, 0) is 12.1 Å². The van der Waals surface area contributed by atoms with Crippen LogP contribution < -0.4 is 16.0 Å². The molecule has 1 aromatic rings. The number of alkyl halides is 1. The highest BCUT2D eigenvalue weighted by Gasteiger charge is 2.07. The molecule has 6 heteroatoms. The minimum Gasteiger partial charge on any atom is -0.454 e. The van der Waals surface area contributed by atoms with Crippen LogP contribution in [0.1, 0.15) is 0 Å². The van der Waals surface area contributed by atoms with Crippen LogP contribution in [0.2, 0.25) is 0 Å². The standard InChI is InChI=1S/C7H9F2N2OP/c8-5-3-4(11-10)1-2-6(5)12-7(9)13/h1-3,7,11H,10,13H2. The number of hydrogen-bond acceptors (Lipinski definition) is 3. The van der Waals surface area contributed by atoms with Crippen molar-refractivity contribution in [3.05, 3.63) is 24.0 Å². The predicted octanol–water partition coefficient (Wildman–Crippen LogP) is 1.62. The molecule has 0 saturated carbocycles. The maximum Gasteiger partial charge on any atom is 0.249 e. The maximum atomic E-state index is 13.0. The molecule has 0 aliphatic carbocycles. The number of anilines is 1. The van der Waals surface area contributed by atoms with E-state index in [1.165, 1.54) is 12.1 Å². The molecule has 0 heterocycles. The second-order valence-electron chi connectivity index (χ2n) is 2.26. The van der Waals surface area contributed by atoms with Crippen molar-refractivity contribution in [1.29, 1.82) is 0 Å². The quantitative estimate of drug-likeness (QED) is 0.448. The van der Waals surface area contributed by atoms with Crippen LogP contribution in [-0.2, 0) is 0 Å². The van der Waals surface area contributed by atoms with E-state index in [1.807, 2.05) is 0 Å². The van der Waals surface area contributed by atoms with Crippen molar-refractivity contribution in [3.63, 3.8) is 0 Å². The number of halogens is 2. The zero-order valence-corrected chi connectivity index (χ0v) is 7.78. The number of rotatable bonds is 3. The number of benzene rings is 1. The molecule has 0 aliphatic rings. The van der Waals surface area contributed by atoms with Crippen molar-refractivity contribution >= 4 is 14.9 Å². The van der Waals surface area contributed by atoms with Gasteiger partial charge in [0.2, 0.25) is 6.10 Å². The Hall–Kier alpha value is -0.930. The van der Waals surface area contributed by atoms with Gasteiger partial charge in [0.1, 0.15) is 0 Å². The first-order valence-corrected chi connectivity index (χ1v) is 4.12. The third-order valence-electron chi connectivity index (χ3n) is 1.34. The number of nitrogen functional groups attached to an aromatic ring is 1. The molecule has 3 nitrogen and oxygen atoms in total. The number of nitrogens with one attached hydrogen (secondary N) is 1. The van der Waals surface area contributed by atoms with Gasteiger partial charge in [0.25, 0.3) is 0 Å². The Kier molecular flexibility index (Phi) is 3.39. The minimum absolute atomic E-state index is 0.151. The summed E-state index contributed by atoms with van der Waals surface area (Å²) < 4.78 is 29.8. The van der Waals surface area contributed by atoms with Crippen LogP contribution in [0.5, 0.6) is 5.75 Å². The van der Waals surface area contributed by atoms with Crippen molar-refractivity contribution in [3.8, 4) is 5.75 Å². The topological polar surface area (TPSA) is 47.3 Å². The Morgan fingerprint density at radius 1 is 1.54 bits per heavy atom. The van der Waals surface area contributed by atoms with Gasteiger partial charge < -0.3 is 10.2 Å². The van der Waals surface area contributed by atoms with Crippen LogP contribution in [-0.4, -0.2) is 6.10 Å². The van der Waals surface area contributed by atoms with E-state index in [1.54, 1.807) is 9.24 Å². The average molecular weight is 206 g/mol. The smallest absolute Gasteiger partial charge is 0.249 e. The first-order chi connectivity index (χ1) is 6.13. The highest BCUT2D eigenvalue weighted by atomic mass is 31.0. The Balaban J connectivity index is 2.85. The monoisotopic (exact) mass is 206 g/mol. The zero-order valence-electron chi connectivity index (χ0n) is 6.63. The molecule has 0 spiro atoms. The molecule has 0 radical (unpaired) electrons. The number of ether oxygens (including phenoxy) is 1. The van der Waals surface area contributed by atoms with Gasteiger partial charge >= 0.3 is 0 Å². The molecule has 0 amide bonds. The summed E-state index contributed by atoms with van der Waals surface area (Å²) in [4.78, 5) is 0. The van der Waals surface area contributed by atoms with Crippen molar-refractivity contribution in [2.45, 2.75) is 6.10 Å². The van der Waals surface area contributed by atoms with Crippen molar-refractivity contribution in [1.82, 2.24) is 0 Å². The molecule has 3 N–H and O–H groups in total. The third kappa shape index (κ3) is 2.79. The Morgan fingerprint density at radius 2 is 2.23 bits per heavy atom. The Morgan fingerprint density at radius 3 is 2.69 bits per heavy atom. The van der Waals surface area contributed by atoms with Crippen LogP contribution in [0.3, 0.4) is 0 Å². The Bertz CT molecular complexity index is 296. The normalized spacial score (nSPS) is 12.3. The molecule has 72 valence electrons. The van der Waals surface area contributed by atoms with Gasteiger partial charge in [0.05, 0.1) is 5.69 Å². The average Bonchev–Trinajstić information content (AvgIpc) is 2.08. The lowest BCUT2D eigenvalue weighted by atomic mass is 10.3. The molecule has 1 aromatic carbocycles. The zero-order chi connectivity index (χ0) is 9.84. The summed E-state index contributed by atoms with van der Waals surface area (Å²) in [6.45, 7) is 0. The molecule has 0 aromatic heterocycles. The molecule has 13 heavy (non-hydrogen) atoms. The number of hydrazine groups is 1. The minimum atomic E-state index is -1.62. The van der Waals surface area contributed by atoms with Gasteiger partial charge in [0.15, 0.2) is 11.6 Å². The van der Waals surface area contributed by atoms with Crippen LogP contribution in [0.25, 0.3) is 0 Å². The summed E-state index contributed by atoms with van der Waals surface area (Å²) in [6, 6.07) is 3.88. The molecular formula is C7H9F2N2OP. The van der Waals surface area contributed by atoms with E-state index < -0.39 is 11.9 Å². The second kappa shape index (κ2) is 4.35. The highest BCUT2D eigenvalue weighted by Crippen LogP contribution is 2.22.